The molecule has 4 nitrogen and oxygen atoms in total. The van der Waals surface area contributed by atoms with Crippen molar-refractivity contribution < 1.29 is 32.9 Å². The standard InChI is InChI=1S/2K.4H2O.Ti.2H/h;;4*1H2;;;/q;;;;;;+4;;/p-4. The van der Waals surface area contributed by atoms with Crippen LogP contribution in [0.25, 0.3) is 0 Å². The molecule has 0 aromatic carbocycles. The van der Waals surface area contributed by atoms with Crippen molar-refractivity contribution in [2.75, 3.05) is 0 Å². The molecule has 0 unspecified atom stereocenters. The minimum absolute atomic E-state index is 0. The Kier molecular flexibility index (Phi) is 19.3. The van der Waals surface area contributed by atoms with Crippen LogP contribution >= 0.6 is 0 Å². The van der Waals surface area contributed by atoms with E-state index in [4.69, 9.17) is 14.8 Å². The summed E-state index contributed by atoms with van der Waals surface area (Å²) >= 11 is -5.00. The van der Waals surface area contributed by atoms with Gasteiger partial charge in [0, 0.05) is 0 Å². The molecule has 0 spiro atoms. The van der Waals surface area contributed by atoms with E-state index in [0.29, 0.717) is 0 Å². The fourth-order valence-corrected chi connectivity index (χ4v) is 0. The fraction of sp³-hybridized carbons (Fsp3) is 0. The van der Waals surface area contributed by atoms with Crippen molar-refractivity contribution in [2.45, 2.75) is 0 Å². The van der Waals surface area contributed by atoms with Crippen molar-refractivity contribution in [3.8, 4) is 0 Å². The molecular weight excluding hydrogens is 190 g/mol. The summed E-state index contributed by atoms with van der Waals surface area (Å²) in [6.07, 6.45) is 0. The van der Waals surface area contributed by atoms with E-state index in [0.717, 1.165) is 0 Å². The van der Waals surface area contributed by atoms with Crippen LogP contribution in [0.5, 0.6) is 0 Å². The minimum atomic E-state index is -5.00. The van der Waals surface area contributed by atoms with Crippen molar-refractivity contribution in [1.29, 1.82) is 0 Å². The van der Waals surface area contributed by atoms with E-state index in [1.807, 2.05) is 0 Å². The maximum atomic E-state index is 7.38. The Balaban J connectivity index is -0.0000000800. The second-order valence-corrected chi connectivity index (χ2v) is 2.47. The molecule has 0 saturated carbocycles. The Labute approximate surface area is 131 Å². The van der Waals surface area contributed by atoms with Gasteiger partial charge in [0.1, 0.15) is 0 Å². The quantitative estimate of drug-likeness (QED) is 0.303. The number of hydrogen-bond acceptors (Lipinski definition) is 4. The van der Waals surface area contributed by atoms with E-state index in [1.54, 1.807) is 0 Å². The van der Waals surface area contributed by atoms with Crippen LogP contribution in [-0.2, 0) is 18.1 Å². The molecule has 4 N–H and O–H groups in total. The van der Waals surface area contributed by atoms with Gasteiger partial charge in [0.15, 0.2) is 0 Å². The third-order valence-corrected chi connectivity index (χ3v) is 0. The summed E-state index contributed by atoms with van der Waals surface area (Å²) in [5.74, 6) is 0. The van der Waals surface area contributed by atoms with Crippen LogP contribution in [0.3, 0.4) is 0 Å². The molecule has 0 aliphatic rings. The summed E-state index contributed by atoms with van der Waals surface area (Å²) in [4.78, 5) is 0. The molecule has 0 aliphatic heterocycles. The molecule has 0 aliphatic carbocycles. The molecule has 0 radical (unpaired) electrons. The number of rotatable bonds is 0. The van der Waals surface area contributed by atoms with Gasteiger partial charge in [-0.05, 0) is 0 Å². The van der Waals surface area contributed by atoms with Gasteiger partial charge >= 0.3 is 136 Å². The first-order valence-corrected chi connectivity index (χ1v) is 3.69. The molecule has 0 bridgehead atoms. The zero-order valence-corrected chi connectivity index (χ0v) is 3.85. The molecule has 7 heteroatoms. The Bertz CT molecular complexity index is 25.2. The summed E-state index contributed by atoms with van der Waals surface area (Å²) in [5, 5.41) is 0. The van der Waals surface area contributed by atoms with E-state index >= 15 is 0 Å². The molecule has 36 valence electrons. The van der Waals surface area contributed by atoms with E-state index in [-0.39, 0.29) is 103 Å². The van der Waals surface area contributed by atoms with Gasteiger partial charge < -0.3 is 0 Å². The molecule has 7 heavy (non-hydrogen) atoms. The first-order valence-electron chi connectivity index (χ1n) is 0.894. The summed E-state index contributed by atoms with van der Waals surface area (Å²) < 4.78 is 29.5. The van der Waals surface area contributed by atoms with Crippen LogP contribution in [0.1, 0.15) is 0 Å². The molecule has 0 fully saturated rings. The van der Waals surface area contributed by atoms with Crippen LogP contribution in [0, 0.1) is 0 Å². The molecule has 0 saturated heterocycles. The summed E-state index contributed by atoms with van der Waals surface area (Å²) in [5.41, 5.74) is 0. The Hall–Kier alpha value is 3.83. The van der Waals surface area contributed by atoms with Gasteiger partial charge in [-0.25, -0.2) is 0 Å². The molecule has 0 aromatic heterocycles. The van der Waals surface area contributed by atoms with E-state index < -0.39 is 18.1 Å². The SMILES string of the molecule is [KH].[KH].[OH][Ti]([OH])([OH])[OH]. The topological polar surface area (TPSA) is 80.9 Å². The van der Waals surface area contributed by atoms with Crippen LogP contribution in [0.2, 0.25) is 0 Å². The van der Waals surface area contributed by atoms with Crippen LogP contribution in [-0.4, -0.2) is 118 Å². The summed E-state index contributed by atoms with van der Waals surface area (Å²) in [6, 6.07) is 0. The van der Waals surface area contributed by atoms with Crippen LogP contribution in [0.15, 0.2) is 0 Å². The number of hydrogen-bond donors (Lipinski definition) is 4. The van der Waals surface area contributed by atoms with Gasteiger partial charge in [-0.1, -0.05) is 0 Å². The van der Waals surface area contributed by atoms with Gasteiger partial charge in [-0.2, -0.15) is 0 Å². The first-order chi connectivity index (χ1) is 2.00. The normalized spacial score (nSPS) is 8.57. The van der Waals surface area contributed by atoms with Crippen LogP contribution < -0.4 is 0 Å². The molecule has 0 amide bonds. The third-order valence-electron chi connectivity index (χ3n) is 0. The second kappa shape index (κ2) is 7.93. The van der Waals surface area contributed by atoms with Crippen molar-refractivity contribution in [1.82, 2.24) is 0 Å². The zero-order valence-electron chi connectivity index (χ0n) is 2.29. The third kappa shape index (κ3) is 41.1. The Morgan fingerprint density at radius 1 is 0.714 bits per heavy atom. The summed E-state index contributed by atoms with van der Waals surface area (Å²) in [7, 11) is 0. The molecule has 0 aromatic rings. The molecular formula is H6K2O4Ti. The van der Waals surface area contributed by atoms with Gasteiger partial charge in [0.2, 0.25) is 0 Å². The van der Waals surface area contributed by atoms with E-state index in [9.17, 15) is 0 Å². The predicted molar refractivity (Wildman–Crippen MR) is 23.2 cm³/mol. The monoisotopic (exact) mass is 196 g/mol. The van der Waals surface area contributed by atoms with E-state index in [2.05, 4.69) is 0 Å². The van der Waals surface area contributed by atoms with Gasteiger partial charge in [-0.3, -0.25) is 0 Å². The van der Waals surface area contributed by atoms with Gasteiger partial charge in [0.25, 0.3) is 0 Å². The van der Waals surface area contributed by atoms with Crippen molar-refractivity contribution in [3.63, 3.8) is 0 Å². The van der Waals surface area contributed by atoms with Gasteiger partial charge in [-0.15, -0.1) is 0 Å². The molecule has 0 atom stereocenters. The fourth-order valence-electron chi connectivity index (χ4n) is 0. The van der Waals surface area contributed by atoms with E-state index in [1.165, 1.54) is 0 Å². The molecule has 0 heterocycles. The average Bonchev–Trinajstić information content (AvgIpc) is 0.722. The Morgan fingerprint density at radius 2 is 0.714 bits per heavy atom. The van der Waals surface area contributed by atoms with Crippen LogP contribution in [0.4, 0.5) is 0 Å². The molecule has 0 rings (SSSR count). The average molecular weight is 196 g/mol. The van der Waals surface area contributed by atoms with Crippen molar-refractivity contribution in [3.05, 3.63) is 0 Å². The summed E-state index contributed by atoms with van der Waals surface area (Å²) in [6.45, 7) is 0. The first kappa shape index (κ1) is 17.1. The maximum absolute atomic E-state index is 7.38. The van der Waals surface area contributed by atoms with Crippen molar-refractivity contribution >= 4 is 103 Å². The Morgan fingerprint density at radius 3 is 0.714 bits per heavy atom. The van der Waals surface area contributed by atoms with Gasteiger partial charge in [0.05, 0.1) is 0 Å². The zero-order chi connectivity index (χ0) is 4.50. The van der Waals surface area contributed by atoms with Crippen molar-refractivity contribution in [2.24, 2.45) is 0 Å². The predicted octanol–water partition coefficient (Wildman–Crippen LogP) is -3.53. The second-order valence-electron chi connectivity index (χ2n) is 0.600.